The van der Waals surface area contributed by atoms with Crippen molar-refractivity contribution in [2.45, 2.75) is 26.4 Å². The van der Waals surface area contributed by atoms with Gasteiger partial charge in [-0.1, -0.05) is 13.0 Å². The van der Waals surface area contributed by atoms with Crippen molar-refractivity contribution in [2.75, 3.05) is 6.54 Å². The minimum absolute atomic E-state index is 0.0784. The van der Waals surface area contributed by atoms with E-state index >= 15 is 0 Å². The highest BCUT2D eigenvalue weighted by molar-refractivity contribution is 5.94. The highest BCUT2D eigenvalue weighted by Crippen LogP contribution is 2.11. The Bertz CT molecular complexity index is 377. The number of rotatable bonds is 5. The molecule has 17 heavy (non-hydrogen) atoms. The van der Waals surface area contributed by atoms with Crippen molar-refractivity contribution in [3.63, 3.8) is 0 Å². The molecule has 2 unspecified atom stereocenters. The van der Waals surface area contributed by atoms with Crippen molar-refractivity contribution in [2.24, 2.45) is 5.92 Å². The van der Waals surface area contributed by atoms with Crippen LogP contribution in [0, 0.1) is 5.92 Å². The van der Waals surface area contributed by atoms with Gasteiger partial charge < -0.3 is 15.5 Å². The van der Waals surface area contributed by atoms with Gasteiger partial charge in [-0.3, -0.25) is 4.79 Å². The van der Waals surface area contributed by atoms with Gasteiger partial charge in [-0.25, -0.2) is 0 Å². The number of aliphatic hydroxyl groups is 1. The third-order valence-corrected chi connectivity index (χ3v) is 2.46. The van der Waals surface area contributed by atoms with Gasteiger partial charge in [0, 0.05) is 12.1 Å². The largest absolute Gasteiger partial charge is 0.508 e. The molecule has 0 radical (unpaired) electrons. The molecule has 0 aliphatic heterocycles. The van der Waals surface area contributed by atoms with Gasteiger partial charge in [0.1, 0.15) is 5.75 Å². The van der Waals surface area contributed by atoms with E-state index in [0.717, 1.165) is 0 Å². The molecule has 1 rings (SSSR count). The highest BCUT2D eigenvalue weighted by Gasteiger charge is 2.10. The summed E-state index contributed by atoms with van der Waals surface area (Å²) < 4.78 is 0. The standard InChI is InChI=1S/C13H19NO3/c1-9(6-10(2)15)8-14-13(17)11-4-3-5-12(16)7-11/h3-5,7,9-10,15-16H,6,8H2,1-2H3,(H,14,17). The molecule has 4 heteroatoms. The van der Waals surface area contributed by atoms with E-state index in [1.807, 2.05) is 6.92 Å². The molecule has 0 spiro atoms. The number of nitrogens with one attached hydrogen (secondary N) is 1. The van der Waals surface area contributed by atoms with E-state index in [9.17, 15) is 15.0 Å². The SMILES string of the molecule is CC(O)CC(C)CNC(=O)c1cccc(O)c1. The van der Waals surface area contributed by atoms with Crippen LogP contribution in [0.15, 0.2) is 24.3 Å². The summed E-state index contributed by atoms with van der Waals surface area (Å²) in [6.45, 7) is 4.21. The average molecular weight is 237 g/mol. The molecule has 0 heterocycles. The zero-order chi connectivity index (χ0) is 12.8. The molecule has 0 aliphatic carbocycles. The Labute approximate surface area is 101 Å². The first-order valence-electron chi connectivity index (χ1n) is 5.74. The molecule has 0 aromatic heterocycles. The van der Waals surface area contributed by atoms with Gasteiger partial charge in [0.15, 0.2) is 0 Å². The second kappa shape index (κ2) is 6.25. The lowest BCUT2D eigenvalue weighted by Crippen LogP contribution is -2.29. The summed E-state index contributed by atoms with van der Waals surface area (Å²) in [5.74, 6) is 0.0873. The summed E-state index contributed by atoms with van der Waals surface area (Å²) in [6.07, 6.45) is 0.294. The first-order valence-corrected chi connectivity index (χ1v) is 5.74. The van der Waals surface area contributed by atoms with Crippen molar-refractivity contribution < 1.29 is 15.0 Å². The Morgan fingerprint density at radius 3 is 2.71 bits per heavy atom. The third kappa shape index (κ3) is 4.87. The lowest BCUT2D eigenvalue weighted by molar-refractivity contribution is 0.0939. The van der Waals surface area contributed by atoms with Crippen LogP contribution in [0.1, 0.15) is 30.6 Å². The molecule has 4 nitrogen and oxygen atoms in total. The molecule has 0 saturated heterocycles. The Hall–Kier alpha value is -1.55. The molecule has 1 amide bonds. The number of hydrogen-bond acceptors (Lipinski definition) is 3. The maximum absolute atomic E-state index is 11.7. The van der Waals surface area contributed by atoms with E-state index in [2.05, 4.69) is 5.32 Å². The average Bonchev–Trinajstić information content (AvgIpc) is 2.25. The van der Waals surface area contributed by atoms with Crippen molar-refractivity contribution >= 4 is 5.91 Å². The van der Waals surface area contributed by atoms with Crippen molar-refractivity contribution in [3.8, 4) is 5.75 Å². The van der Waals surface area contributed by atoms with Crippen molar-refractivity contribution in [1.29, 1.82) is 0 Å². The molecule has 1 aromatic carbocycles. The van der Waals surface area contributed by atoms with Crippen LogP contribution < -0.4 is 5.32 Å². The maximum Gasteiger partial charge on any atom is 0.251 e. The van der Waals surface area contributed by atoms with Crippen LogP contribution in [-0.4, -0.2) is 28.8 Å². The fraction of sp³-hybridized carbons (Fsp3) is 0.462. The Kier molecular flexibility index (Phi) is 4.97. The van der Waals surface area contributed by atoms with E-state index in [1.165, 1.54) is 12.1 Å². The number of carbonyl (C=O) groups is 1. The molecule has 0 bridgehead atoms. The van der Waals surface area contributed by atoms with E-state index in [4.69, 9.17) is 0 Å². The Morgan fingerprint density at radius 2 is 2.12 bits per heavy atom. The van der Waals surface area contributed by atoms with Crippen LogP contribution >= 0.6 is 0 Å². The van der Waals surface area contributed by atoms with Crippen LogP contribution in [0.2, 0.25) is 0 Å². The summed E-state index contributed by atoms with van der Waals surface area (Å²) in [4.78, 5) is 11.7. The normalized spacial score (nSPS) is 14.1. The topological polar surface area (TPSA) is 69.6 Å². The number of aliphatic hydroxyl groups excluding tert-OH is 1. The van der Waals surface area contributed by atoms with E-state index in [-0.39, 0.29) is 23.7 Å². The second-order valence-corrected chi connectivity index (χ2v) is 4.45. The fourth-order valence-electron chi connectivity index (χ4n) is 1.68. The van der Waals surface area contributed by atoms with Gasteiger partial charge in [-0.2, -0.15) is 0 Å². The number of aromatic hydroxyl groups is 1. The highest BCUT2D eigenvalue weighted by atomic mass is 16.3. The molecule has 1 aromatic rings. The number of benzene rings is 1. The molecular weight excluding hydrogens is 218 g/mol. The Morgan fingerprint density at radius 1 is 1.41 bits per heavy atom. The molecule has 0 aliphatic rings. The lowest BCUT2D eigenvalue weighted by atomic mass is 10.0. The minimum Gasteiger partial charge on any atom is -0.508 e. The summed E-state index contributed by atoms with van der Waals surface area (Å²) in [5, 5.41) is 21.2. The van der Waals surface area contributed by atoms with Gasteiger partial charge in [-0.15, -0.1) is 0 Å². The predicted octanol–water partition coefficient (Wildman–Crippen LogP) is 1.53. The summed E-state index contributed by atoms with van der Waals surface area (Å²) in [5.41, 5.74) is 0.439. The van der Waals surface area contributed by atoms with Gasteiger partial charge in [0.25, 0.3) is 5.91 Å². The third-order valence-electron chi connectivity index (χ3n) is 2.46. The van der Waals surface area contributed by atoms with Gasteiger partial charge in [0.05, 0.1) is 6.10 Å². The van der Waals surface area contributed by atoms with Crippen LogP contribution in [-0.2, 0) is 0 Å². The first-order chi connectivity index (χ1) is 7.99. The number of phenols is 1. The second-order valence-electron chi connectivity index (χ2n) is 4.45. The molecule has 3 N–H and O–H groups in total. The lowest BCUT2D eigenvalue weighted by Gasteiger charge is -2.14. The molecule has 94 valence electrons. The number of amides is 1. The van der Waals surface area contributed by atoms with Crippen molar-refractivity contribution in [1.82, 2.24) is 5.32 Å². The van der Waals surface area contributed by atoms with Crippen molar-refractivity contribution in [3.05, 3.63) is 29.8 Å². The molecule has 2 atom stereocenters. The fourth-order valence-corrected chi connectivity index (χ4v) is 1.68. The zero-order valence-electron chi connectivity index (χ0n) is 10.2. The monoisotopic (exact) mass is 237 g/mol. The zero-order valence-corrected chi connectivity index (χ0v) is 10.2. The molecular formula is C13H19NO3. The summed E-state index contributed by atoms with van der Waals surface area (Å²) in [7, 11) is 0. The van der Waals surface area contributed by atoms with Crippen LogP contribution in [0.25, 0.3) is 0 Å². The van der Waals surface area contributed by atoms with Crippen LogP contribution in [0.4, 0.5) is 0 Å². The molecule has 0 saturated carbocycles. The number of hydrogen-bond donors (Lipinski definition) is 3. The Balaban J connectivity index is 2.45. The minimum atomic E-state index is -0.359. The summed E-state index contributed by atoms with van der Waals surface area (Å²) >= 11 is 0. The number of carbonyl (C=O) groups excluding carboxylic acids is 1. The van der Waals surface area contributed by atoms with Gasteiger partial charge >= 0.3 is 0 Å². The van der Waals surface area contributed by atoms with Crippen LogP contribution in [0.3, 0.4) is 0 Å². The maximum atomic E-state index is 11.7. The summed E-state index contributed by atoms with van der Waals surface area (Å²) in [6, 6.07) is 6.22. The van der Waals surface area contributed by atoms with Crippen LogP contribution in [0.5, 0.6) is 5.75 Å². The van der Waals surface area contributed by atoms with E-state index < -0.39 is 0 Å². The first kappa shape index (κ1) is 13.5. The quantitative estimate of drug-likeness (QED) is 0.727. The molecule has 0 fully saturated rings. The predicted molar refractivity (Wildman–Crippen MR) is 65.9 cm³/mol. The van der Waals surface area contributed by atoms with E-state index in [1.54, 1.807) is 19.1 Å². The number of phenolic OH excluding ortho intramolecular Hbond substituents is 1. The van der Waals surface area contributed by atoms with E-state index in [0.29, 0.717) is 18.5 Å². The smallest absolute Gasteiger partial charge is 0.251 e. The van der Waals surface area contributed by atoms with Gasteiger partial charge in [0.2, 0.25) is 0 Å². The van der Waals surface area contributed by atoms with Gasteiger partial charge in [-0.05, 0) is 37.5 Å².